The molecule has 0 atom stereocenters. The molecule has 0 radical (unpaired) electrons. The van der Waals surface area contributed by atoms with Crippen LogP contribution in [0.5, 0.6) is 0 Å². The van der Waals surface area contributed by atoms with Crippen molar-refractivity contribution in [3.05, 3.63) is 29.8 Å². The van der Waals surface area contributed by atoms with E-state index in [1.165, 1.54) is 17.3 Å². The number of carbonyl (C=O) groups is 1. The maximum atomic E-state index is 11.7. The van der Waals surface area contributed by atoms with Gasteiger partial charge in [-0.2, -0.15) is 0 Å². The largest absolute Gasteiger partial charge is 0.480 e. The summed E-state index contributed by atoms with van der Waals surface area (Å²) in [7, 11) is 0. The van der Waals surface area contributed by atoms with Crippen LogP contribution in [-0.2, 0) is 9.53 Å². The Balaban J connectivity index is 1.74. The van der Waals surface area contributed by atoms with E-state index in [2.05, 4.69) is 0 Å². The van der Waals surface area contributed by atoms with Crippen LogP contribution in [-0.4, -0.2) is 29.0 Å². The van der Waals surface area contributed by atoms with E-state index in [4.69, 9.17) is 4.74 Å². The molecule has 1 saturated carbocycles. The molecule has 1 heterocycles. The van der Waals surface area contributed by atoms with E-state index in [9.17, 15) is 9.90 Å². The number of hydrogen-bond acceptors (Lipinski definition) is 3. The van der Waals surface area contributed by atoms with Crippen molar-refractivity contribution in [2.45, 2.75) is 42.2 Å². The van der Waals surface area contributed by atoms with Gasteiger partial charge in [0.25, 0.3) is 0 Å². The van der Waals surface area contributed by atoms with Gasteiger partial charge in [0, 0.05) is 18.1 Å². The van der Waals surface area contributed by atoms with Gasteiger partial charge < -0.3 is 9.84 Å². The molecular formula is C16H20O3S. The first-order chi connectivity index (χ1) is 9.54. The van der Waals surface area contributed by atoms with Gasteiger partial charge in [-0.05, 0) is 50.2 Å². The second kappa shape index (κ2) is 5.08. The van der Waals surface area contributed by atoms with Gasteiger partial charge in [-0.25, -0.2) is 0 Å². The van der Waals surface area contributed by atoms with Crippen molar-refractivity contribution in [2.75, 3.05) is 13.2 Å². The minimum absolute atomic E-state index is 0.217. The second-order valence-corrected chi connectivity index (χ2v) is 7.64. The standard InChI is InChI=1S/C16H20O3S/c1-12-2-4-13(5-3-12)20-16(14(17)18)10-15(11-16)6-8-19-9-7-15/h2-5H,6-11H2,1H3,(H,17,18). The Morgan fingerprint density at radius 1 is 1.20 bits per heavy atom. The second-order valence-electron chi connectivity index (χ2n) is 6.18. The number of aryl methyl sites for hydroxylation is 1. The first kappa shape index (κ1) is 14.0. The van der Waals surface area contributed by atoms with Gasteiger partial charge in [0.05, 0.1) is 0 Å². The molecular weight excluding hydrogens is 272 g/mol. The van der Waals surface area contributed by atoms with Crippen LogP contribution < -0.4 is 0 Å². The van der Waals surface area contributed by atoms with Crippen molar-refractivity contribution < 1.29 is 14.6 Å². The lowest BCUT2D eigenvalue weighted by atomic mass is 9.57. The van der Waals surface area contributed by atoms with Crippen LogP contribution in [0.4, 0.5) is 0 Å². The maximum Gasteiger partial charge on any atom is 0.320 e. The van der Waals surface area contributed by atoms with E-state index in [0.717, 1.165) is 43.8 Å². The topological polar surface area (TPSA) is 46.5 Å². The Bertz CT molecular complexity index is 495. The molecule has 2 fully saturated rings. The van der Waals surface area contributed by atoms with E-state index in [0.29, 0.717) is 0 Å². The van der Waals surface area contributed by atoms with Gasteiger partial charge >= 0.3 is 5.97 Å². The summed E-state index contributed by atoms with van der Waals surface area (Å²) in [5.74, 6) is -0.666. The highest BCUT2D eigenvalue weighted by Crippen LogP contribution is 2.61. The molecule has 1 saturated heterocycles. The molecule has 0 amide bonds. The molecule has 1 aliphatic heterocycles. The van der Waals surface area contributed by atoms with E-state index < -0.39 is 10.7 Å². The van der Waals surface area contributed by atoms with Gasteiger partial charge in [0.15, 0.2) is 0 Å². The average molecular weight is 292 g/mol. The molecule has 1 spiro atoms. The number of rotatable bonds is 3. The zero-order chi connectivity index (χ0) is 14.2. The number of hydrogen-bond donors (Lipinski definition) is 1. The van der Waals surface area contributed by atoms with Crippen LogP contribution in [0.3, 0.4) is 0 Å². The molecule has 108 valence electrons. The van der Waals surface area contributed by atoms with Crippen molar-refractivity contribution in [3.63, 3.8) is 0 Å². The average Bonchev–Trinajstić information content (AvgIpc) is 2.40. The van der Waals surface area contributed by atoms with Gasteiger partial charge in [-0.3, -0.25) is 4.79 Å². The first-order valence-electron chi connectivity index (χ1n) is 7.11. The summed E-state index contributed by atoms with van der Waals surface area (Å²) in [6.07, 6.45) is 3.57. The van der Waals surface area contributed by atoms with Gasteiger partial charge in [-0.15, -0.1) is 11.8 Å². The zero-order valence-electron chi connectivity index (χ0n) is 11.7. The summed E-state index contributed by atoms with van der Waals surface area (Å²) in [6, 6.07) is 8.14. The number of thioether (sulfide) groups is 1. The molecule has 0 bridgehead atoms. The van der Waals surface area contributed by atoms with E-state index in [1.54, 1.807) is 0 Å². The van der Waals surface area contributed by atoms with Gasteiger partial charge in [0.2, 0.25) is 0 Å². The van der Waals surface area contributed by atoms with Gasteiger partial charge in [0.1, 0.15) is 4.75 Å². The van der Waals surface area contributed by atoms with Crippen LogP contribution in [0.1, 0.15) is 31.2 Å². The lowest BCUT2D eigenvalue weighted by Crippen LogP contribution is -2.56. The molecule has 1 aliphatic carbocycles. The summed E-state index contributed by atoms with van der Waals surface area (Å²) in [6.45, 7) is 3.61. The van der Waals surface area contributed by atoms with Crippen LogP contribution in [0.2, 0.25) is 0 Å². The number of ether oxygens (including phenoxy) is 1. The number of benzene rings is 1. The Kier molecular flexibility index (Phi) is 3.55. The highest BCUT2D eigenvalue weighted by atomic mass is 32.2. The van der Waals surface area contributed by atoms with Gasteiger partial charge in [-0.1, -0.05) is 17.7 Å². The highest BCUT2D eigenvalue weighted by molar-refractivity contribution is 8.01. The first-order valence-corrected chi connectivity index (χ1v) is 7.92. The Labute approximate surface area is 123 Å². The third-order valence-corrected chi connectivity index (χ3v) is 5.96. The van der Waals surface area contributed by atoms with E-state index in [-0.39, 0.29) is 5.41 Å². The summed E-state index contributed by atoms with van der Waals surface area (Å²) in [4.78, 5) is 12.8. The Hall–Kier alpha value is -1.00. The lowest BCUT2D eigenvalue weighted by molar-refractivity contribution is -0.150. The SMILES string of the molecule is Cc1ccc(SC2(C(=O)O)CC3(CCOCC3)C2)cc1. The van der Waals surface area contributed by atoms with Crippen LogP contribution in [0, 0.1) is 12.3 Å². The van der Waals surface area contributed by atoms with E-state index >= 15 is 0 Å². The number of carboxylic acid groups (broad SMARTS) is 1. The molecule has 3 rings (SSSR count). The van der Waals surface area contributed by atoms with Crippen molar-refractivity contribution in [1.82, 2.24) is 0 Å². The quantitative estimate of drug-likeness (QED) is 0.926. The lowest BCUT2D eigenvalue weighted by Gasteiger charge is -2.55. The summed E-state index contributed by atoms with van der Waals surface area (Å²) in [5, 5.41) is 9.66. The molecule has 3 nitrogen and oxygen atoms in total. The fourth-order valence-corrected chi connectivity index (χ4v) is 4.98. The molecule has 2 aliphatic rings. The maximum absolute atomic E-state index is 11.7. The van der Waals surface area contributed by atoms with Crippen molar-refractivity contribution in [1.29, 1.82) is 0 Å². The third kappa shape index (κ3) is 2.47. The molecule has 1 N–H and O–H groups in total. The van der Waals surface area contributed by atoms with Crippen LogP contribution in [0.15, 0.2) is 29.2 Å². The Morgan fingerprint density at radius 3 is 2.35 bits per heavy atom. The molecule has 1 aromatic rings. The summed E-state index contributed by atoms with van der Waals surface area (Å²) in [5.41, 5.74) is 1.42. The van der Waals surface area contributed by atoms with Crippen LogP contribution >= 0.6 is 11.8 Å². The zero-order valence-corrected chi connectivity index (χ0v) is 12.5. The normalized spacial score (nSPS) is 23.2. The number of carboxylic acids is 1. The minimum Gasteiger partial charge on any atom is -0.480 e. The van der Waals surface area contributed by atoms with Crippen LogP contribution in [0.25, 0.3) is 0 Å². The van der Waals surface area contributed by atoms with Crippen molar-refractivity contribution >= 4 is 17.7 Å². The molecule has 20 heavy (non-hydrogen) atoms. The molecule has 1 aromatic carbocycles. The minimum atomic E-state index is -0.666. The number of aliphatic carboxylic acids is 1. The Morgan fingerprint density at radius 2 is 1.80 bits per heavy atom. The third-order valence-electron chi connectivity index (χ3n) is 4.60. The van der Waals surface area contributed by atoms with Crippen molar-refractivity contribution in [3.8, 4) is 0 Å². The molecule has 0 aromatic heterocycles. The summed E-state index contributed by atoms with van der Waals surface area (Å²) < 4.78 is 4.77. The van der Waals surface area contributed by atoms with Crippen molar-refractivity contribution in [2.24, 2.45) is 5.41 Å². The fourth-order valence-electron chi connectivity index (χ4n) is 3.42. The molecule has 4 heteroatoms. The predicted molar refractivity (Wildman–Crippen MR) is 79.1 cm³/mol. The smallest absolute Gasteiger partial charge is 0.320 e. The summed E-state index contributed by atoms with van der Waals surface area (Å²) >= 11 is 1.52. The fraction of sp³-hybridized carbons (Fsp3) is 0.562. The molecule has 0 unspecified atom stereocenters. The predicted octanol–water partition coefficient (Wildman–Crippen LogP) is 3.50. The monoisotopic (exact) mass is 292 g/mol. The van der Waals surface area contributed by atoms with E-state index in [1.807, 2.05) is 31.2 Å². The highest BCUT2D eigenvalue weighted by Gasteiger charge is 2.59.